The van der Waals surface area contributed by atoms with Gasteiger partial charge >= 0.3 is 0 Å². The fourth-order valence-electron chi connectivity index (χ4n) is 4.30. The highest BCUT2D eigenvalue weighted by Crippen LogP contribution is 2.46. The van der Waals surface area contributed by atoms with Crippen LogP contribution in [-0.4, -0.2) is 24.1 Å². The van der Waals surface area contributed by atoms with E-state index in [2.05, 4.69) is 57.0 Å². The Morgan fingerprint density at radius 1 is 1.07 bits per heavy atom. The summed E-state index contributed by atoms with van der Waals surface area (Å²) in [6.45, 7) is 13.6. The predicted octanol–water partition coefficient (Wildman–Crippen LogP) is 6.16. The Morgan fingerprint density at radius 2 is 1.70 bits per heavy atom. The highest BCUT2D eigenvalue weighted by Gasteiger charge is 2.37. The van der Waals surface area contributed by atoms with Crippen LogP contribution in [0.3, 0.4) is 0 Å². The fraction of sp³-hybridized carbons (Fsp3) is 0.462. The Kier molecular flexibility index (Phi) is 6.07. The molecule has 0 amide bonds. The number of fused-ring (bicyclic) bond motifs is 1. The van der Waals surface area contributed by atoms with Crippen molar-refractivity contribution in [3.8, 4) is 11.5 Å². The average molecular weight is 407 g/mol. The zero-order valence-electron chi connectivity index (χ0n) is 19.3. The molecule has 2 aromatic carbocycles. The molecule has 1 aliphatic rings. The van der Waals surface area contributed by atoms with Gasteiger partial charge in [0.15, 0.2) is 11.5 Å². The quantitative estimate of drug-likeness (QED) is 0.478. The van der Waals surface area contributed by atoms with E-state index in [0.29, 0.717) is 5.75 Å². The summed E-state index contributed by atoms with van der Waals surface area (Å²) in [6.07, 6.45) is 5.05. The summed E-state index contributed by atoms with van der Waals surface area (Å²) >= 11 is 0. The van der Waals surface area contributed by atoms with Crippen molar-refractivity contribution in [1.82, 2.24) is 0 Å². The van der Waals surface area contributed by atoms with Crippen LogP contribution in [-0.2, 0) is 17.3 Å². The summed E-state index contributed by atoms with van der Waals surface area (Å²) in [7, 11) is 1.53. The van der Waals surface area contributed by atoms with Crippen LogP contribution in [0.25, 0.3) is 0 Å². The SMILES string of the molecule is CCc1cc2c(cc1C(C)=NN=Cc1ccc(O)c(OC)c1)C(C)(C)CCC2(C)C. The summed E-state index contributed by atoms with van der Waals surface area (Å²) in [5.74, 6) is 0.536. The molecule has 3 rings (SSSR count). The lowest BCUT2D eigenvalue weighted by molar-refractivity contribution is 0.331. The second-order valence-electron chi connectivity index (χ2n) is 9.54. The summed E-state index contributed by atoms with van der Waals surface area (Å²) < 4.78 is 5.15. The first kappa shape index (κ1) is 22.1. The van der Waals surface area contributed by atoms with E-state index in [0.717, 1.165) is 17.7 Å². The molecule has 0 saturated carbocycles. The van der Waals surface area contributed by atoms with Crippen LogP contribution in [0.5, 0.6) is 11.5 Å². The molecule has 4 heteroatoms. The Bertz CT molecular complexity index is 1000. The Balaban J connectivity index is 1.98. The van der Waals surface area contributed by atoms with Gasteiger partial charge in [-0.05, 0) is 83.5 Å². The summed E-state index contributed by atoms with van der Waals surface area (Å²) in [4.78, 5) is 0. The highest BCUT2D eigenvalue weighted by atomic mass is 16.5. The maximum absolute atomic E-state index is 9.73. The van der Waals surface area contributed by atoms with E-state index in [4.69, 9.17) is 4.74 Å². The number of phenolic OH excluding ortho intramolecular Hbond substituents is 1. The van der Waals surface area contributed by atoms with Crippen molar-refractivity contribution in [3.63, 3.8) is 0 Å². The first-order valence-corrected chi connectivity index (χ1v) is 10.7. The van der Waals surface area contributed by atoms with Gasteiger partial charge in [0, 0.05) is 5.56 Å². The van der Waals surface area contributed by atoms with Crippen LogP contribution >= 0.6 is 0 Å². The van der Waals surface area contributed by atoms with Crippen LogP contribution in [0.2, 0.25) is 0 Å². The first-order valence-electron chi connectivity index (χ1n) is 10.7. The van der Waals surface area contributed by atoms with Crippen molar-refractivity contribution in [2.75, 3.05) is 7.11 Å². The molecule has 0 aromatic heterocycles. The third-order valence-electron chi connectivity index (χ3n) is 6.47. The lowest BCUT2D eigenvalue weighted by Crippen LogP contribution is -2.34. The normalized spacial score (nSPS) is 17.8. The van der Waals surface area contributed by atoms with Gasteiger partial charge in [0.25, 0.3) is 0 Å². The van der Waals surface area contributed by atoms with Crippen molar-refractivity contribution in [1.29, 1.82) is 0 Å². The van der Waals surface area contributed by atoms with Crippen LogP contribution < -0.4 is 4.74 Å². The molecule has 0 spiro atoms. The number of methoxy groups -OCH3 is 1. The number of aromatic hydroxyl groups is 1. The number of benzene rings is 2. The minimum atomic E-state index is 0.113. The highest BCUT2D eigenvalue weighted by molar-refractivity contribution is 6.00. The molecule has 1 N–H and O–H groups in total. The number of rotatable bonds is 5. The number of hydrogen-bond donors (Lipinski definition) is 1. The first-order chi connectivity index (χ1) is 14.1. The van der Waals surface area contributed by atoms with Crippen LogP contribution in [0.4, 0.5) is 0 Å². The van der Waals surface area contributed by atoms with E-state index in [9.17, 15) is 5.11 Å². The van der Waals surface area contributed by atoms with Gasteiger partial charge in [-0.15, -0.1) is 0 Å². The molecule has 0 fully saturated rings. The number of hydrogen-bond acceptors (Lipinski definition) is 4. The van der Waals surface area contributed by atoms with Crippen LogP contribution in [0.15, 0.2) is 40.5 Å². The topological polar surface area (TPSA) is 54.2 Å². The summed E-state index contributed by atoms with van der Waals surface area (Å²) in [6, 6.07) is 9.88. The third-order valence-corrected chi connectivity index (χ3v) is 6.47. The molecule has 0 radical (unpaired) electrons. The minimum absolute atomic E-state index is 0.113. The molecule has 0 saturated heterocycles. The molecule has 4 nitrogen and oxygen atoms in total. The molecular weight excluding hydrogens is 372 g/mol. The van der Waals surface area contributed by atoms with Crippen molar-refractivity contribution in [3.05, 3.63) is 58.1 Å². The van der Waals surface area contributed by atoms with Gasteiger partial charge in [-0.1, -0.05) is 40.7 Å². The molecule has 0 atom stereocenters. The summed E-state index contributed by atoms with van der Waals surface area (Å²) in [5, 5.41) is 18.5. The van der Waals surface area contributed by atoms with E-state index < -0.39 is 0 Å². The molecular formula is C26H34N2O2. The van der Waals surface area contributed by atoms with E-state index in [-0.39, 0.29) is 16.6 Å². The maximum atomic E-state index is 9.73. The lowest BCUT2D eigenvalue weighted by Gasteiger charge is -2.42. The number of phenols is 1. The van der Waals surface area contributed by atoms with E-state index in [1.165, 1.54) is 42.2 Å². The van der Waals surface area contributed by atoms with Gasteiger partial charge in [0.2, 0.25) is 0 Å². The Labute approximate surface area is 180 Å². The standard InChI is InChI=1S/C26H34N2O2/c1-8-19-14-21-22(26(5,6)12-11-25(21,3)4)15-20(19)17(2)28-27-16-18-9-10-23(29)24(13-18)30-7/h9-10,13-16,29H,8,11-12H2,1-7H3. The van der Waals surface area contributed by atoms with E-state index in [1.807, 2.05) is 6.92 Å². The second kappa shape index (κ2) is 8.25. The molecule has 30 heavy (non-hydrogen) atoms. The van der Waals surface area contributed by atoms with Crippen molar-refractivity contribution in [2.45, 2.75) is 71.6 Å². The van der Waals surface area contributed by atoms with E-state index in [1.54, 1.807) is 24.4 Å². The van der Waals surface area contributed by atoms with Crippen molar-refractivity contribution < 1.29 is 9.84 Å². The zero-order chi connectivity index (χ0) is 22.1. The van der Waals surface area contributed by atoms with Gasteiger partial charge in [0.1, 0.15) is 0 Å². The largest absolute Gasteiger partial charge is 0.504 e. The minimum Gasteiger partial charge on any atom is -0.504 e. The van der Waals surface area contributed by atoms with Gasteiger partial charge in [-0.2, -0.15) is 10.2 Å². The van der Waals surface area contributed by atoms with Gasteiger partial charge in [0.05, 0.1) is 19.0 Å². The zero-order valence-corrected chi connectivity index (χ0v) is 19.3. The smallest absolute Gasteiger partial charge is 0.161 e. The average Bonchev–Trinajstić information content (AvgIpc) is 2.71. The predicted molar refractivity (Wildman–Crippen MR) is 126 cm³/mol. The third kappa shape index (κ3) is 4.28. The van der Waals surface area contributed by atoms with Crippen molar-refractivity contribution >= 4 is 11.9 Å². The van der Waals surface area contributed by atoms with Crippen LogP contribution in [0, 0.1) is 0 Å². The van der Waals surface area contributed by atoms with Crippen LogP contribution in [0.1, 0.15) is 82.2 Å². The lowest BCUT2D eigenvalue weighted by atomic mass is 9.62. The van der Waals surface area contributed by atoms with Gasteiger partial charge < -0.3 is 9.84 Å². The van der Waals surface area contributed by atoms with E-state index >= 15 is 0 Å². The number of nitrogens with zero attached hydrogens (tertiary/aromatic N) is 2. The van der Waals surface area contributed by atoms with Gasteiger partial charge in [-0.3, -0.25) is 0 Å². The molecule has 0 unspecified atom stereocenters. The molecule has 1 aliphatic carbocycles. The second-order valence-corrected chi connectivity index (χ2v) is 9.54. The summed E-state index contributed by atoms with van der Waals surface area (Å²) in [5.41, 5.74) is 7.53. The van der Waals surface area contributed by atoms with Gasteiger partial charge in [-0.25, -0.2) is 0 Å². The maximum Gasteiger partial charge on any atom is 0.161 e. The monoisotopic (exact) mass is 406 g/mol. The Morgan fingerprint density at radius 3 is 2.30 bits per heavy atom. The molecule has 2 aromatic rings. The molecule has 0 aliphatic heterocycles. The fourth-order valence-corrected chi connectivity index (χ4v) is 4.30. The van der Waals surface area contributed by atoms with Crippen molar-refractivity contribution in [2.24, 2.45) is 10.2 Å². The number of ether oxygens (including phenoxy) is 1. The Hall–Kier alpha value is -2.62. The number of aryl methyl sites for hydroxylation is 1. The molecule has 0 heterocycles. The molecule has 0 bridgehead atoms. The molecule has 160 valence electrons.